The summed E-state index contributed by atoms with van der Waals surface area (Å²) in [5.41, 5.74) is 4.87. The molecule has 6 nitrogen and oxygen atoms in total. The van der Waals surface area contributed by atoms with Crippen molar-refractivity contribution in [1.82, 2.24) is 4.90 Å². The first-order valence-electron chi connectivity index (χ1n) is 13.3. The maximum atomic E-state index is 12.8. The molecule has 1 heterocycles. The standard InChI is InChI=1S/C32H32N2O4S/c1-34-31(37)29(39-32(34)33-27-15-9-23(10-16-27)20-30(35)36)19-22-11-17-28(18-12-22)38-21-24-7-13-26(14-8-24)25-5-3-2-4-6-25/h7-19,25H,2-6,20-21H2,1H3,(H,35,36)/b29-19-,33-32?. The van der Waals surface area contributed by atoms with Gasteiger partial charge in [-0.25, -0.2) is 4.99 Å². The number of likely N-dealkylation sites (N-methyl/N-ethyl adjacent to an activating group) is 1. The van der Waals surface area contributed by atoms with Gasteiger partial charge >= 0.3 is 5.97 Å². The number of ether oxygens (including phenoxy) is 1. The van der Waals surface area contributed by atoms with Crippen LogP contribution in [0.3, 0.4) is 0 Å². The fraction of sp³-hybridized carbons (Fsp3) is 0.281. The van der Waals surface area contributed by atoms with Gasteiger partial charge in [-0.1, -0.05) is 67.8 Å². The molecule has 200 valence electrons. The van der Waals surface area contributed by atoms with Crippen molar-refractivity contribution < 1.29 is 19.4 Å². The van der Waals surface area contributed by atoms with Crippen molar-refractivity contribution >= 4 is 40.6 Å². The van der Waals surface area contributed by atoms with E-state index in [1.165, 1.54) is 54.3 Å². The second kappa shape index (κ2) is 12.3. The molecular weight excluding hydrogens is 508 g/mol. The normalized spacial score (nSPS) is 18.2. The molecule has 0 aromatic heterocycles. The van der Waals surface area contributed by atoms with E-state index in [9.17, 15) is 9.59 Å². The van der Waals surface area contributed by atoms with Gasteiger partial charge in [-0.05, 0) is 83.1 Å². The third kappa shape index (κ3) is 6.98. The quantitative estimate of drug-likeness (QED) is 0.306. The number of nitrogens with zero attached hydrogens (tertiary/aromatic N) is 2. The minimum absolute atomic E-state index is 0.0335. The highest BCUT2D eigenvalue weighted by Crippen LogP contribution is 2.34. The SMILES string of the molecule is CN1C(=O)/C(=C/c2ccc(OCc3ccc(C4CCCCC4)cc3)cc2)SC1=Nc1ccc(CC(=O)O)cc1. The average Bonchev–Trinajstić information content (AvgIpc) is 3.21. The molecule has 2 fully saturated rings. The van der Waals surface area contributed by atoms with Gasteiger partial charge in [-0.3, -0.25) is 14.5 Å². The molecule has 39 heavy (non-hydrogen) atoms. The maximum absolute atomic E-state index is 12.8. The third-order valence-corrected chi connectivity index (χ3v) is 8.22. The van der Waals surface area contributed by atoms with Gasteiger partial charge in [0.2, 0.25) is 0 Å². The van der Waals surface area contributed by atoms with Crippen molar-refractivity contribution in [3.63, 3.8) is 0 Å². The molecule has 1 amide bonds. The van der Waals surface area contributed by atoms with Crippen molar-refractivity contribution in [3.8, 4) is 5.75 Å². The lowest BCUT2D eigenvalue weighted by molar-refractivity contribution is -0.136. The van der Waals surface area contributed by atoms with E-state index in [1.54, 1.807) is 31.3 Å². The summed E-state index contributed by atoms with van der Waals surface area (Å²) in [7, 11) is 1.70. The number of carboxylic acids is 1. The molecule has 0 atom stereocenters. The van der Waals surface area contributed by atoms with E-state index in [1.807, 2.05) is 30.3 Å². The lowest BCUT2D eigenvalue weighted by Gasteiger charge is -2.22. The fourth-order valence-corrected chi connectivity index (χ4v) is 5.91. The van der Waals surface area contributed by atoms with E-state index in [0.29, 0.717) is 33.8 Å². The number of benzene rings is 3. The topological polar surface area (TPSA) is 79.2 Å². The van der Waals surface area contributed by atoms with Crippen molar-refractivity contribution in [2.75, 3.05) is 7.05 Å². The van der Waals surface area contributed by atoms with E-state index in [0.717, 1.165) is 16.9 Å². The predicted octanol–water partition coefficient (Wildman–Crippen LogP) is 7.17. The van der Waals surface area contributed by atoms with Crippen molar-refractivity contribution in [2.24, 2.45) is 4.99 Å². The molecule has 1 aliphatic heterocycles. The number of carbonyl (C=O) groups excluding carboxylic acids is 1. The Hall–Kier alpha value is -3.84. The monoisotopic (exact) mass is 540 g/mol. The lowest BCUT2D eigenvalue weighted by Crippen LogP contribution is -2.23. The summed E-state index contributed by atoms with van der Waals surface area (Å²) in [6.07, 6.45) is 8.48. The summed E-state index contributed by atoms with van der Waals surface area (Å²) >= 11 is 1.32. The molecule has 7 heteroatoms. The first-order chi connectivity index (χ1) is 18.9. The van der Waals surface area contributed by atoms with Crippen molar-refractivity contribution in [3.05, 3.63) is 100.0 Å². The largest absolute Gasteiger partial charge is 0.489 e. The number of aliphatic carboxylic acids is 1. The Bertz CT molecular complexity index is 1370. The number of rotatable bonds is 8. The molecule has 0 bridgehead atoms. The minimum Gasteiger partial charge on any atom is -0.489 e. The first kappa shape index (κ1) is 26.8. The van der Waals surface area contributed by atoms with E-state index < -0.39 is 5.97 Å². The van der Waals surface area contributed by atoms with Crippen LogP contribution in [-0.4, -0.2) is 34.1 Å². The fourth-order valence-electron chi connectivity index (χ4n) is 4.93. The van der Waals surface area contributed by atoms with Crippen LogP contribution in [0, 0.1) is 0 Å². The Morgan fingerprint density at radius 1 is 0.974 bits per heavy atom. The van der Waals surface area contributed by atoms with Gasteiger partial charge in [0.15, 0.2) is 5.17 Å². The van der Waals surface area contributed by atoms with Crippen LogP contribution in [0.15, 0.2) is 82.7 Å². The highest BCUT2D eigenvalue weighted by Gasteiger charge is 2.30. The van der Waals surface area contributed by atoms with Gasteiger partial charge in [0, 0.05) is 7.05 Å². The molecule has 0 unspecified atom stereocenters. The van der Waals surface area contributed by atoms with E-state index in [2.05, 4.69) is 29.3 Å². The highest BCUT2D eigenvalue weighted by atomic mass is 32.2. The Kier molecular flexibility index (Phi) is 8.47. The second-order valence-electron chi connectivity index (χ2n) is 10.0. The van der Waals surface area contributed by atoms with Crippen LogP contribution in [0.2, 0.25) is 0 Å². The molecule has 1 saturated carbocycles. The smallest absolute Gasteiger partial charge is 0.307 e. The molecule has 1 N–H and O–H groups in total. The number of carboxylic acid groups (broad SMARTS) is 1. The zero-order valence-electron chi connectivity index (χ0n) is 22.0. The molecule has 0 spiro atoms. The van der Waals surface area contributed by atoms with Crippen molar-refractivity contribution in [2.45, 2.75) is 51.0 Å². The summed E-state index contributed by atoms with van der Waals surface area (Å²) in [6, 6.07) is 23.6. The van der Waals surface area contributed by atoms with Gasteiger partial charge in [0.25, 0.3) is 5.91 Å². The summed E-state index contributed by atoms with van der Waals surface area (Å²) in [4.78, 5) is 30.4. The number of carbonyl (C=O) groups is 2. The summed E-state index contributed by atoms with van der Waals surface area (Å²) in [6.45, 7) is 0.516. The summed E-state index contributed by atoms with van der Waals surface area (Å²) in [5, 5.41) is 9.50. The second-order valence-corrected chi connectivity index (χ2v) is 11.0. The van der Waals surface area contributed by atoms with E-state index in [4.69, 9.17) is 9.84 Å². The number of hydrogen-bond acceptors (Lipinski definition) is 5. The van der Waals surface area contributed by atoms with Crippen LogP contribution in [-0.2, 0) is 22.6 Å². The molecular formula is C32H32N2O4S. The molecule has 3 aromatic carbocycles. The Labute approximate surface area is 233 Å². The van der Waals surface area contributed by atoms with Crippen LogP contribution in [0.25, 0.3) is 6.08 Å². The number of thioether (sulfide) groups is 1. The Morgan fingerprint density at radius 2 is 1.64 bits per heavy atom. The zero-order chi connectivity index (χ0) is 27.2. The van der Waals surface area contributed by atoms with Gasteiger partial charge in [-0.2, -0.15) is 0 Å². The Balaban J connectivity index is 1.18. The van der Waals surface area contributed by atoms with Crippen LogP contribution >= 0.6 is 11.8 Å². The first-order valence-corrected chi connectivity index (χ1v) is 14.1. The molecule has 0 radical (unpaired) electrons. The molecule has 2 aliphatic rings. The maximum Gasteiger partial charge on any atom is 0.307 e. The van der Waals surface area contributed by atoms with Gasteiger partial charge in [0.05, 0.1) is 17.0 Å². The Morgan fingerprint density at radius 3 is 2.31 bits per heavy atom. The van der Waals surface area contributed by atoms with Gasteiger partial charge < -0.3 is 9.84 Å². The number of amidine groups is 1. The van der Waals surface area contributed by atoms with Gasteiger partial charge in [-0.15, -0.1) is 0 Å². The third-order valence-electron chi connectivity index (χ3n) is 7.16. The van der Waals surface area contributed by atoms with Crippen molar-refractivity contribution in [1.29, 1.82) is 0 Å². The highest BCUT2D eigenvalue weighted by molar-refractivity contribution is 8.18. The molecule has 1 aliphatic carbocycles. The van der Waals surface area contributed by atoms with Crippen LogP contribution in [0.1, 0.15) is 60.3 Å². The molecule has 1 saturated heterocycles. The summed E-state index contributed by atoms with van der Waals surface area (Å²) in [5.74, 6) is 0.502. The minimum atomic E-state index is -0.875. The lowest BCUT2D eigenvalue weighted by atomic mass is 9.84. The predicted molar refractivity (Wildman–Crippen MR) is 156 cm³/mol. The van der Waals surface area contributed by atoms with Crippen LogP contribution in [0.5, 0.6) is 5.75 Å². The van der Waals surface area contributed by atoms with E-state index >= 15 is 0 Å². The van der Waals surface area contributed by atoms with E-state index in [-0.39, 0.29) is 12.3 Å². The van der Waals surface area contributed by atoms with Crippen LogP contribution < -0.4 is 4.74 Å². The molecule has 3 aromatic rings. The zero-order valence-corrected chi connectivity index (χ0v) is 22.8. The number of aliphatic imine (C=N–C) groups is 1. The average molecular weight is 541 g/mol. The van der Waals surface area contributed by atoms with Crippen LogP contribution in [0.4, 0.5) is 5.69 Å². The number of hydrogen-bond donors (Lipinski definition) is 1. The molecule has 5 rings (SSSR count). The van der Waals surface area contributed by atoms with Gasteiger partial charge in [0.1, 0.15) is 12.4 Å². The number of amides is 1. The summed E-state index contributed by atoms with van der Waals surface area (Å²) < 4.78 is 6.00.